The minimum absolute atomic E-state index is 0.551. The molecule has 0 aromatic carbocycles. The first-order chi connectivity index (χ1) is 6.74. The first kappa shape index (κ1) is 10.7. The van der Waals surface area contributed by atoms with Crippen LogP contribution in [0.25, 0.3) is 0 Å². The summed E-state index contributed by atoms with van der Waals surface area (Å²) < 4.78 is 0. The topological polar surface area (TPSA) is 23.9 Å². The van der Waals surface area contributed by atoms with Gasteiger partial charge in [-0.05, 0) is 23.5 Å². The maximum absolute atomic E-state index is 7.31. The van der Waals surface area contributed by atoms with E-state index in [1.807, 2.05) is 6.08 Å². The lowest BCUT2D eigenvalue weighted by Gasteiger charge is -2.01. The third-order valence-electron chi connectivity index (χ3n) is 2.04. The molecule has 1 N–H and O–H groups in total. The van der Waals surface area contributed by atoms with Crippen molar-refractivity contribution in [2.24, 2.45) is 5.92 Å². The summed E-state index contributed by atoms with van der Waals surface area (Å²) in [6.07, 6.45) is 14.9. The van der Waals surface area contributed by atoms with Crippen molar-refractivity contribution in [3.05, 3.63) is 47.6 Å². The zero-order valence-corrected chi connectivity index (χ0v) is 8.83. The summed E-state index contributed by atoms with van der Waals surface area (Å²) in [6, 6.07) is 0. The fraction of sp³-hybridized carbons (Fsp3) is 0.308. The summed E-state index contributed by atoms with van der Waals surface area (Å²) in [4.78, 5) is 0. The quantitative estimate of drug-likeness (QED) is 0.652. The van der Waals surface area contributed by atoms with Crippen molar-refractivity contribution in [2.45, 2.75) is 20.3 Å². The van der Waals surface area contributed by atoms with Crippen LogP contribution in [0.3, 0.4) is 0 Å². The number of hydrogen-bond donors (Lipinski definition) is 1. The van der Waals surface area contributed by atoms with E-state index in [4.69, 9.17) is 5.41 Å². The second kappa shape index (κ2) is 5.38. The lowest BCUT2D eigenvalue weighted by atomic mass is 10.0. The molecule has 1 nitrogen and oxygen atoms in total. The zero-order chi connectivity index (χ0) is 10.4. The van der Waals surface area contributed by atoms with E-state index in [9.17, 15) is 0 Å². The van der Waals surface area contributed by atoms with Gasteiger partial charge in [0, 0.05) is 6.21 Å². The fourth-order valence-electron chi connectivity index (χ4n) is 1.25. The Hall–Kier alpha value is -1.37. The molecular formula is C13H17N. The Morgan fingerprint density at radius 1 is 1.36 bits per heavy atom. The monoisotopic (exact) mass is 187 g/mol. The number of allylic oxidation sites excluding steroid dienone is 8. The van der Waals surface area contributed by atoms with Gasteiger partial charge in [-0.25, -0.2) is 0 Å². The van der Waals surface area contributed by atoms with Crippen LogP contribution < -0.4 is 0 Å². The molecule has 0 heterocycles. The summed E-state index contributed by atoms with van der Waals surface area (Å²) in [5, 5.41) is 7.31. The molecule has 0 saturated carbocycles. The van der Waals surface area contributed by atoms with Crippen molar-refractivity contribution in [3.63, 3.8) is 0 Å². The van der Waals surface area contributed by atoms with Crippen LogP contribution in [0, 0.1) is 11.3 Å². The molecule has 0 atom stereocenters. The van der Waals surface area contributed by atoms with Crippen molar-refractivity contribution in [1.82, 2.24) is 0 Å². The van der Waals surface area contributed by atoms with Crippen LogP contribution in [0.2, 0.25) is 0 Å². The number of hydrogen-bond acceptors (Lipinski definition) is 1. The molecule has 1 aliphatic rings. The average molecular weight is 187 g/mol. The lowest BCUT2D eigenvalue weighted by Crippen LogP contribution is -1.88. The molecule has 0 radical (unpaired) electrons. The predicted octanol–water partition coefficient (Wildman–Crippen LogP) is 3.66. The van der Waals surface area contributed by atoms with Crippen molar-refractivity contribution >= 4 is 6.21 Å². The first-order valence-corrected chi connectivity index (χ1v) is 5.00. The smallest absolute Gasteiger partial charge is 0.0253 e. The van der Waals surface area contributed by atoms with Gasteiger partial charge in [-0.15, -0.1) is 0 Å². The van der Waals surface area contributed by atoms with E-state index in [1.54, 1.807) is 0 Å². The second-order valence-electron chi connectivity index (χ2n) is 3.69. The number of rotatable bonds is 3. The van der Waals surface area contributed by atoms with Crippen LogP contribution in [-0.4, -0.2) is 6.21 Å². The molecule has 0 bridgehead atoms. The summed E-state index contributed by atoms with van der Waals surface area (Å²) in [5.41, 5.74) is 2.13. The highest BCUT2D eigenvalue weighted by atomic mass is 14.3. The summed E-state index contributed by atoms with van der Waals surface area (Å²) >= 11 is 0. The molecule has 0 fully saturated rings. The molecule has 14 heavy (non-hydrogen) atoms. The average Bonchev–Trinajstić information content (AvgIpc) is 2.38. The van der Waals surface area contributed by atoms with Gasteiger partial charge in [-0.1, -0.05) is 50.3 Å². The molecule has 0 amide bonds. The summed E-state index contributed by atoms with van der Waals surface area (Å²) in [5.74, 6) is 0.551. The zero-order valence-electron chi connectivity index (χ0n) is 8.83. The molecule has 1 aliphatic carbocycles. The van der Waals surface area contributed by atoms with Crippen molar-refractivity contribution in [1.29, 1.82) is 5.41 Å². The molecule has 74 valence electrons. The maximum atomic E-state index is 7.31. The third kappa shape index (κ3) is 3.17. The van der Waals surface area contributed by atoms with Crippen LogP contribution in [0.15, 0.2) is 47.6 Å². The summed E-state index contributed by atoms with van der Waals surface area (Å²) in [7, 11) is 0. The first-order valence-electron chi connectivity index (χ1n) is 5.00. The van der Waals surface area contributed by atoms with Gasteiger partial charge in [0.25, 0.3) is 0 Å². The Balaban J connectivity index is 2.87. The van der Waals surface area contributed by atoms with E-state index in [0.717, 1.165) is 17.6 Å². The summed E-state index contributed by atoms with van der Waals surface area (Å²) in [6.45, 7) is 4.30. The van der Waals surface area contributed by atoms with E-state index in [2.05, 4.69) is 44.2 Å². The molecule has 0 aromatic rings. The maximum Gasteiger partial charge on any atom is 0.0253 e. The number of nitrogens with one attached hydrogen (secondary N) is 1. The lowest BCUT2D eigenvalue weighted by molar-refractivity contribution is 0.831. The normalized spacial score (nSPS) is 16.8. The standard InChI is InChI=1S/C13H17N/c1-11(2)8-9-12-6-4-3-5-7-13(12)10-14/h3-4,6-11,14H,5H2,1-2H3/b9-8-,14-10?. The highest BCUT2D eigenvalue weighted by Gasteiger charge is 1.99. The second-order valence-corrected chi connectivity index (χ2v) is 3.69. The van der Waals surface area contributed by atoms with Crippen molar-refractivity contribution < 1.29 is 0 Å². The van der Waals surface area contributed by atoms with Crippen molar-refractivity contribution in [2.75, 3.05) is 0 Å². The van der Waals surface area contributed by atoms with Crippen molar-refractivity contribution in [3.8, 4) is 0 Å². The minimum atomic E-state index is 0.551. The van der Waals surface area contributed by atoms with Crippen LogP contribution in [0.5, 0.6) is 0 Å². The van der Waals surface area contributed by atoms with E-state index in [0.29, 0.717) is 5.92 Å². The predicted molar refractivity (Wildman–Crippen MR) is 62.7 cm³/mol. The van der Waals surface area contributed by atoms with Gasteiger partial charge >= 0.3 is 0 Å². The van der Waals surface area contributed by atoms with Gasteiger partial charge in [0.15, 0.2) is 0 Å². The molecule has 0 aliphatic heterocycles. The van der Waals surface area contributed by atoms with Gasteiger partial charge < -0.3 is 5.41 Å². The SMILES string of the molecule is CC(C)/C=C\C1=CC=CCC=C1C=N. The van der Waals surface area contributed by atoms with E-state index >= 15 is 0 Å². The van der Waals surface area contributed by atoms with E-state index in [1.165, 1.54) is 6.21 Å². The van der Waals surface area contributed by atoms with Crippen LogP contribution in [0.4, 0.5) is 0 Å². The van der Waals surface area contributed by atoms with Crippen LogP contribution >= 0.6 is 0 Å². The van der Waals surface area contributed by atoms with Gasteiger partial charge in [0.05, 0.1) is 0 Å². The van der Waals surface area contributed by atoms with Gasteiger partial charge in [0.2, 0.25) is 0 Å². The van der Waals surface area contributed by atoms with Crippen LogP contribution in [-0.2, 0) is 0 Å². The highest BCUT2D eigenvalue weighted by Crippen LogP contribution is 2.15. The Morgan fingerprint density at radius 3 is 2.79 bits per heavy atom. The molecule has 0 saturated heterocycles. The third-order valence-corrected chi connectivity index (χ3v) is 2.04. The Bertz CT molecular complexity index is 314. The molecule has 0 aromatic heterocycles. The molecular weight excluding hydrogens is 170 g/mol. The van der Waals surface area contributed by atoms with Gasteiger partial charge in [0.1, 0.15) is 0 Å². The fourth-order valence-corrected chi connectivity index (χ4v) is 1.25. The van der Waals surface area contributed by atoms with Gasteiger partial charge in [-0.2, -0.15) is 0 Å². The molecule has 1 heteroatoms. The largest absolute Gasteiger partial charge is 0.308 e. The van der Waals surface area contributed by atoms with Crippen LogP contribution in [0.1, 0.15) is 20.3 Å². The molecule has 0 unspecified atom stereocenters. The minimum Gasteiger partial charge on any atom is -0.308 e. The van der Waals surface area contributed by atoms with E-state index < -0.39 is 0 Å². The Kier molecular flexibility index (Phi) is 4.11. The molecule has 0 spiro atoms. The Labute approximate surface area is 86.0 Å². The van der Waals surface area contributed by atoms with E-state index in [-0.39, 0.29) is 0 Å². The highest BCUT2D eigenvalue weighted by molar-refractivity contribution is 5.84. The van der Waals surface area contributed by atoms with Gasteiger partial charge in [-0.3, -0.25) is 0 Å². The Morgan fingerprint density at radius 2 is 2.14 bits per heavy atom. The molecule has 1 rings (SSSR count).